The Labute approximate surface area is 182 Å². The zero-order valence-corrected chi connectivity index (χ0v) is 17.9. The second-order valence-corrected chi connectivity index (χ2v) is 8.54. The highest BCUT2D eigenvalue weighted by atomic mass is 16.5. The number of nitrogens with zero attached hydrogens (tertiary/aromatic N) is 3. The van der Waals surface area contributed by atoms with Gasteiger partial charge in [-0.05, 0) is 37.1 Å². The molecule has 1 aliphatic carbocycles. The Kier molecular flexibility index (Phi) is 6.25. The summed E-state index contributed by atoms with van der Waals surface area (Å²) in [5, 5.41) is 0. The second-order valence-electron chi connectivity index (χ2n) is 8.54. The maximum atomic E-state index is 12.5. The summed E-state index contributed by atoms with van der Waals surface area (Å²) in [5.74, 6) is -0.571. The molecule has 1 aromatic carbocycles. The van der Waals surface area contributed by atoms with Gasteiger partial charge in [0.25, 0.3) is 0 Å². The lowest BCUT2D eigenvalue weighted by Crippen LogP contribution is -2.48. The topological polar surface area (TPSA) is 87.2 Å². The van der Waals surface area contributed by atoms with Gasteiger partial charge >= 0.3 is 5.97 Å². The van der Waals surface area contributed by atoms with Crippen LogP contribution in [0.3, 0.4) is 0 Å². The number of ether oxygens (including phenoxy) is 1. The average molecular weight is 428 g/mol. The van der Waals surface area contributed by atoms with Crippen LogP contribution in [0.25, 0.3) is 0 Å². The maximum absolute atomic E-state index is 12.5. The van der Waals surface area contributed by atoms with Crippen molar-refractivity contribution in [1.82, 2.24) is 9.80 Å². The molecule has 0 spiro atoms. The van der Waals surface area contributed by atoms with Crippen molar-refractivity contribution in [1.29, 1.82) is 0 Å². The Morgan fingerprint density at radius 3 is 2.06 bits per heavy atom. The number of rotatable bonds is 5. The molecule has 2 aliphatic heterocycles. The first kappa shape index (κ1) is 21.3. The van der Waals surface area contributed by atoms with Gasteiger partial charge in [0, 0.05) is 45.3 Å². The van der Waals surface area contributed by atoms with Gasteiger partial charge in [0.15, 0.2) is 0 Å². The molecular weight excluding hydrogens is 398 g/mol. The van der Waals surface area contributed by atoms with E-state index in [9.17, 15) is 19.2 Å². The number of piperazine rings is 1. The number of anilines is 1. The lowest BCUT2D eigenvalue weighted by molar-refractivity contribution is -0.141. The predicted molar refractivity (Wildman–Crippen MR) is 113 cm³/mol. The van der Waals surface area contributed by atoms with Gasteiger partial charge in [-0.1, -0.05) is 12.8 Å². The third kappa shape index (κ3) is 4.57. The van der Waals surface area contributed by atoms with Crippen LogP contribution in [0, 0.1) is 11.8 Å². The summed E-state index contributed by atoms with van der Waals surface area (Å²) in [5.41, 5.74) is 1.01. The summed E-state index contributed by atoms with van der Waals surface area (Å²) >= 11 is 0. The minimum absolute atomic E-state index is 0.00826. The van der Waals surface area contributed by atoms with E-state index in [1.54, 1.807) is 19.1 Å². The molecule has 0 radical (unpaired) electrons. The molecule has 1 saturated carbocycles. The first-order valence-electron chi connectivity index (χ1n) is 11.1. The largest absolute Gasteiger partial charge is 0.426 e. The van der Waals surface area contributed by atoms with E-state index in [2.05, 4.69) is 4.90 Å². The summed E-state index contributed by atoms with van der Waals surface area (Å²) in [6.45, 7) is 4.59. The number of likely N-dealkylation sites (tertiary alicyclic amines) is 1. The number of hydrogen-bond donors (Lipinski definition) is 0. The molecule has 2 heterocycles. The van der Waals surface area contributed by atoms with Crippen LogP contribution in [0.4, 0.5) is 5.69 Å². The number of esters is 1. The molecule has 4 rings (SSSR count). The summed E-state index contributed by atoms with van der Waals surface area (Å²) in [7, 11) is 0. The summed E-state index contributed by atoms with van der Waals surface area (Å²) in [4.78, 5) is 54.0. The minimum atomic E-state index is -0.460. The molecule has 166 valence electrons. The molecule has 3 amide bonds. The van der Waals surface area contributed by atoms with Gasteiger partial charge in [-0.25, -0.2) is 0 Å². The fourth-order valence-electron chi connectivity index (χ4n) is 4.84. The number of hydrogen-bond acceptors (Lipinski definition) is 6. The van der Waals surface area contributed by atoms with Crippen LogP contribution >= 0.6 is 0 Å². The van der Waals surface area contributed by atoms with Crippen molar-refractivity contribution in [2.75, 3.05) is 37.6 Å². The van der Waals surface area contributed by atoms with Crippen LogP contribution in [0.5, 0.6) is 5.75 Å². The zero-order chi connectivity index (χ0) is 22.0. The van der Waals surface area contributed by atoms with Crippen molar-refractivity contribution in [3.05, 3.63) is 24.3 Å². The van der Waals surface area contributed by atoms with E-state index >= 15 is 0 Å². The Morgan fingerprint density at radius 2 is 1.52 bits per heavy atom. The van der Waals surface area contributed by atoms with Crippen LogP contribution in [0.15, 0.2) is 24.3 Å². The van der Waals surface area contributed by atoms with Gasteiger partial charge in [-0.15, -0.1) is 0 Å². The highest BCUT2D eigenvalue weighted by Gasteiger charge is 2.47. The number of imide groups is 1. The van der Waals surface area contributed by atoms with Crippen molar-refractivity contribution < 1.29 is 23.9 Å². The molecule has 8 nitrogen and oxygen atoms in total. The summed E-state index contributed by atoms with van der Waals surface area (Å²) in [6.07, 6.45) is 3.50. The number of carbonyl (C=O) groups is 4. The monoisotopic (exact) mass is 427 g/mol. The van der Waals surface area contributed by atoms with E-state index in [0.717, 1.165) is 44.5 Å². The zero-order valence-electron chi connectivity index (χ0n) is 17.9. The molecular formula is C23H29N3O5. The lowest BCUT2D eigenvalue weighted by Gasteiger charge is -2.35. The highest BCUT2D eigenvalue weighted by Crippen LogP contribution is 2.38. The molecule has 2 saturated heterocycles. The van der Waals surface area contributed by atoms with Crippen molar-refractivity contribution >= 4 is 29.4 Å². The normalized spacial score (nSPS) is 23.7. The fraction of sp³-hybridized carbons (Fsp3) is 0.565. The molecule has 0 aromatic heterocycles. The second kappa shape index (κ2) is 9.08. The van der Waals surface area contributed by atoms with E-state index in [1.807, 2.05) is 17.0 Å². The van der Waals surface area contributed by atoms with Gasteiger partial charge in [0.1, 0.15) is 5.75 Å². The number of amides is 3. The number of carbonyl (C=O) groups excluding carboxylic acids is 4. The summed E-state index contributed by atoms with van der Waals surface area (Å²) < 4.78 is 5.39. The fourth-order valence-corrected chi connectivity index (χ4v) is 4.84. The van der Waals surface area contributed by atoms with E-state index in [1.165, 1.54) is 4.90 Å². The molecule has 0 bridgehead atoms. The Hall–Kier alpha value is -2.90. The molecule has 8 heteroatoms. The van der Waals surface area contributed by atoms with Gasteiger partial charge in [0.05, 0.1) is 18.3 Å². The molecule has 0 N–H and O–H groups in total. The first-order valence-corrected chi connectivity index (χ1v) is 11.1. The average Bonchev–Trinajstić information content (AvgIpc) is 3.03. The van der Waals surface area contributed by atoms with Crippen LogP contribution in [-0.4, -0.2) is 66.2 Å². The first-order chi connectivity index (χ1) is 14.9. The molecule has 0 unspecified atom stereocenters. The van der Waals surface area contributed by atoms with E-state index in [4.69, 9.17) is 4.74 Å². The van der Waals surface area contributed by atoms with Crippen LogP contribution in [-0.2, 0) is 19.2 Å². The molecule has 31 heavy (non-hydrogen) atoms. The lowest BCUT2D eigenvalue weighted by atomic mass is 9.81. The maximum Gasteiger partial charge on any atom is 0.312 e. The van der Waals surface area contributed by atoms with Crippen molar-refractivity contribution in [3.63, 3.8) is 0 Å². The Morgan fingerprint density at radius 1 is 0.935 bits per heavy atom. The van der Waals surface area contributed by atoms with E-state index in [0.29, 0.717) is 18.8 Å². The van der Waals surface area contributed by atoms with Crippen LogP contribution in [0.2, 0.25) is 0 Å². The standard InChI is InChI=1S/C23H29N3O5/c1-16(27)24-12-14-25(15-13-24)17-6-8-18(9-7-17)31-21(28)10-11-26-22(29)19-4-2-3-5-20(19)23(26)30/h6-9,19-20H,2-5,10-15H2,1H3/t19-,20+. The van der Waals surface area contributed by atoms with Gasteiger partial charge < -0.3 is 14.5 Å². The molecule has 3 aliphatic rings. The molecule has 2 atom stereocenters. The van der Waals surface area contributed by atoms with Crippen LogP contribution in [0.1, 0.15) is 39.0 Å². The Balaban J connectivity index is 1.26. The number of fused-ring (bicyclic) bond motifs is 1. The van der Waals surface area contributed by atoms with Gasteiger partial charge in [-0.2, -0.15) is 0 Å². The smallest absolute Gasteiger partial charge is 0.312 e. The van der Waals surface area contributed by atoms with Gasteiger partial charge in [0.2, 0.25) is 17.7 Å². The third-order valence-corrected chi connectivity index (χ3v) is 6.63. The van der Waals surface area contributed by atoms with E-state index in [-0.39, 0.29) is 42.5 Å². The van der Waals surface area contributed by atoms with Gasteiger partial charge in [-0.3, -0.25) is 24.1 Å². The van der Waals surface area contributed by atoms with Crippen molar-refractivity contribution in [2.45, 2.75) is 39.0 Å². The highest BCUT2D eigenvalue weighted by molar-refractivity contribution is 6.05. The van der Waals surface area contributed by atoms with E-state index < -0.39 is 5.97 Å². The predicted octanol–water partition coefficient (Wildman–Crippen LogP) is 1.83. The van der Waals surface area contributed by atoms with Crippen molar-refractivity contribution in [2.24, 2.45) is 11.8 Å². The quantitative estimate of drug-likeness (QED) is 0.405. The summed E-state index contributed by atoms with van der Waals surface area (Å²) in [6, 6.07) is 7.27. The molecule has 1 aromatic rings. The molecule has 3 fully saturated rings. The SMILES string of the molecule is CC(=O)N1CCN(c2ccc(OC(=O)CCN3C(=O)[C@H]4CCCC[C@H]4C3=O)cc2)CC1. The third-order valence-electron chi connectivity index (χ3n) is 6.63. The van der Waals surface area contributed by atoms with Crippen molar-refractivity contribution in [3.8, 4) is 5.75 Å². The minimum Gasteiger partial charge on any atom is -0.426 e. The Bertz CT molecular complexity index is 836. The van der Waals surface area contributed by atoms with Crippen LogP contribution < -0.4 is 9.64 Å². The number of benzene rings is 1.